The molecular formula is C8H10N4O6. The van der Waals surface area contributed by atoms with Crippen LogP contribution in [0.1, 0.15) is 10.5 Å². The van der Waals surface area contributed by atoms with E-state index in [1.54, 1.807) is 0 Å². The molecule has 0 radical (unpaired) electrons. The number of carbonyl (C=O) groups excluding carboxylic acids is 2. The number of methoxy groups -OCH3 is 2. The zero-order valence-corrected chi connectivity index (χ0v) is 9.55. The van der Waals surface area contributed by atoms with Crippen LogP contribution in [-0.2, 0) is 9.53 Å². The topological polar surface area (TPSA) is 136 Å². The first-order chi connectivity index (χ1) is 8.51. The smallest absolute Gasteiger partial charge is 0.362 e. The number of carbonyl (C=O) groups is 2. The fourth-order valence-electron chi connectivity index (χ4n) is 1.10. The lowest BCUT2D eigenvalue weighted by Crippen LogP contribution is -2.30. The number of rotatable bonds is 5. The molecular weight excluding hydrogens is 248 g/mol. The largest absolute Gasteiger partial charge is 0.475 e. The molecule has 0 aliphatic heterocycles. The number of amides is 1. The summed E-state index contributed by atoms with van der Waals surface area (Å²) in [6, 6.07) is 0. The van der Waals surface area contributed by atoms with Gasteiger partial charge in [-0.3, -0.25) is 24.8 Å². The standard InChI is InChI=1S/C8H10N4O6/c1-17-4(13)3-9-7(14)5-6(12(15)16)8(18-2)11-10-5/h3H2,1-2H3,(H,9,14)(H,10,11). The highest BCUT2D eigenvalue weighted by Gasteiger charge is 2.30. The Morgan fingerprint density at radius 2 is 2.17 bits per heavy atom. The monoisotopic (exact) mass is 258 g/mol. The first-order valence-electron chi connectivity index (χ1n) is 4.63. The van der Waals surface area contributed by atoms with E-state index in [9.17, 15) is 19.7 Å². The lowest BCUT2D eigenvalue weighted by molar-refractivity contribution is -0.386. The number of hydrogen-bond donors (Lipinski definition) is 2. The van der Waals surface area contributed by atoms with Crippen molar-refractivity contribution in [2.75, 3.05) is 20.8 Å². The molecule has 0 aromatic carbocycles. The molecule has 1 heterocycles. The molecule has 1 aromatic heterocycles. The number of nitrogens with zero attached hydrogens (tertiary/aromatic N) is 2. The zero-order valence-electron chi connectivity index (χ0n) is 9.55. The summed E-state index contributed by atoms with van der Waals surface area (Å²) in [6.07, 6.45) is 0. The number of aromatic nitrogens is 2. The molecule has 2 N–H and O–H groups in total. The molecule has 0 spiro atoms. The Labute approximate surface area is 100 Å². The average molecular weight is 258 g/mol. The van der Waals surface area contributed by atoms with Crippen molar-refractivity contribution >= 4 is 17.6 Å². The molecule has 0 unspecified atom stereocenters. The van der Waals surface area contributed by atoms with Crippen LogP contribution in [0.15, 0.2) is 0 Å². The Kier molecular flexibility index (Phi) is 4.18. The summed E-state index contributed by atoms with van der Waals surface area (Å²) >= 11 is 0. The van der Waals surface area contributed by atoms with E-state index in [-0.39, 0.29) is 5.88 Å². The van der Waals surface area contributed by atoms with Gasteiger partial charge >= 0.3 is 17.5 Å². The third-order valence-electron chi connectivity index (χ3n) is 1.93. The minimum atomic E-state index is -0.858. The van der Waals surface area contributed by atoms with Gasteiger partial charge in [0.25, 0.3) is 5.91 Å². The maximum absolute atomic E-state index is 11.6. The van der Waals surface area contributed by atoms with Gasteiger partial charge in [-0.1, -0.05) is 0 Å². The summed E-state index contributed by atoms with van der Waals surface area (Å²) in [5.74, 6) is -1.86. The fourth-order valence-corrected chi connectivity index (χ4v) is 1.10. The minimum Gasteiger partial charge on any atom is -0.475 e. The molecule has 0 aliphatic rings. The maximum Gasteiger partial charge on any atom is 0.362 e. The summed E-state index contributed by atoms with van der Waals surface area (Å²) < 4.78 is 8.93. The Balaban J connectivity index is 2.89. The van der Waals surface area contributed by atoms with Gasteiger partial charge in [0, 0.05) is 0 Å². The van der Waals surface area contributed by atoms with Crippen molar-refractivity contribution < 1.29 is 24.0 Å². The Bertz CT molecular complexity index is 482. The van der Waals surface area contributed by atoms with E-state index < -0.39 is 34.7 Å². The van der Waals surface area contributed by atoms with E-state index in [0.29, 0.717) is 0 Å². The van der Waals surface area contributed by atoms with E-state index in [0.717, 1.165) is 7.11 Å². The SMILES string of the molecule is COC(=O)CNC(=O)c1[nH]nc(OC)c1[N+](=O)[O-]. The van der Waals surface area contributed by atoms with Crippen molar-refractivity contribution in [3.8, 4) is 5.88 Å². The van der Waals surface area contributed by atoms with Crippen LogP contribution in [0.25, 0.3) is 0 Å². The molecule has 10 heteroatoms. The van der Waals surface area contributed by atoms with Crippen LogP contribution in [0, 0.1) is 10.1 Å². The highest BCUT2D eigenvalue weighted by Crippen LogP contribution is 2.27. The fraction of sp³-hybridized carbons (Fsp3) is 0.375. The van der Waals surface area contributed by atoms with Gasteiger partial charge in [0.15, 0.2) is 0 Å². The van der Waals surface area contributed by atoms with Gasteiger partial charge < -0.3 is 14.8 Å². The Morgan fingerprint density at radius 1 is 1.50 bits per heavy atom. The Hall–Kier alpha value is -2.65. The zero-order chi connectivity index (χ0) is 13.7. The molecule has 1 amide bonds. The second kappa shape index (κ2) is 5.61. The van der Waals surface area contributed by atoms with Crippen LogP contribution < -0.4 is 10.1 Å². The van der Waals surface area contributed by atoms with Crippen molar-refractivity contribution in [2.24, 2.45) is 0 Å². The molecule has 0 fully saturated rings. The van der Waals surface area contributed by atoms with Crippen molar-refractivity contribution in [3.63, 3.8) is 0 Å². The number of ether oxygens (including phenoxy) is 2. The van der Waals surface area contributed by atoms with Gasteiger partial charge in [-0.05, 0) is 0 Å². The number of H-pyrrole nitrogens is 1. The third kappa shape index (κ3) is 2.72. The predicted molar refractivity (Wildman–Crippen MR) is 56.1 cm³/mol. The van der Waals surface area contributed by atoms with Crippen LogP contribution >= 0.6 is 0 Å². The van der Waals surface area contributed by atoms with Gasteiger partial charge in [0.05, 0.1) is 19.1 Å². The number of hydrogen-bond acceptors (Lipinski definition) is 7. The average Bonchev–Trinajstić information content (AvgIpc) is 2.79. The number of aromatic amines is 1. The van der Waals surface area contributed by atoms with Gasteiger partial charge in [-0.2, -0.15) is 0 Å². The van der Waals surface area contributed by atoms with E-state index in [2.05, 4.69) is 25.0 Å². The molecule has 0 aliphatic carbocycles. The molecule has 0 bridgehead atoms. The summed E-state index contributed by atoms with van der Waals surface area (Å²) in [5.41, 5.74) is -0.999. The number of nitro groups is 1. The van der Waals surface area contributed by atoms with Crippen LogP contribution in [0.5, 0.6) is 5.88 Å². The van der Waals surface area contributed by atoms with Crippen LogP contribution in [0.3, 0.4) is 0 Å². The molecule has 98 valence electrons. The van der Waals surface area contributed by atoms with Crippen LogP contribution in [-0.4, -0.2) is 47.8 Å². The second-order valence-electron chi connectivity index (χ2n) is 2.97. The van der Waals surface area contributed by atoms with E-state index in [1.807, 2.05) is 0 Å². The highest BCUT2D eigenvalue weighted by atomic mass is 16.6. The summed E-state index contributed by atoms with van der Waals surface area (Å²) in [5, 5.41) is 18.5. The van der Waals surface area contributed by atoms with Gasteiger partial charge in [-0.15, -0.1) is 5.10 Å². The van der Waals surface area contributed by atoms with E-state index >= 15 is 0 Å². The van der Waals surface area contributed by atoms with Crippen molar-refractivity contribution in [1.82, 2.24) is 15.5 Å². The summed E-state index contributed by atoms with van der Waals surface area (Å²) in [7, 11) is 2.33. The predicted octanol–water partition coefficient (Wildman–Crippen LogP) is -0.771. The lowest BCUT2D eigenvalue weighted by atomic mass is 10.3. The van der Waals surface area contributed by atoms with Crippen molar-refractivity contribution in [2.45, 2.75) is 0 Å². The van der Waals surface area contributed by atoms with Gasteiger partial charge in [0.1, 0.15) is 6.54 Å². The highest BCUT2D eigenvalue weighted by molar-refractivity contribution is 5.98. The van der Waals surface area contributed by atoms with E-state index in [1.165, 1.54) is 7.11 Å². The van der Waals surface area contributed by atoms with E-state index in [4.69, 9.17) is 0 Å². The summed E-state index contributed by atoms with van der Waals surface area (Å²) in [6.45, 7) is -0.409. The Morgan fingerprint density at radius 3 is 2.67 bits per heavy atom. The first-order valence-corrected chi connectivity index (χ1v) is 4.63. The van der Waals surface area contributed by atoms with Crippen LogP contribution in [0.2, 0.25) is 0 Å². The lowest BCUT2D eigenvalue weighted by Gasteiger charge is -2.01. The molecule has 0 saturated carbocycles. The molecule has 1 aromatic rings. The molecule has 0 saturated heterocycles. The van der Waals surface area contributed by atoms with Gasteiger partial charge in [-0.25, -0.2) is 0 Å². The van der Waals surface area contributed by atoms with Crippen LogP contribution in [0.4, 0.5) is 5.69 Å². The number of esters is 1. The van der Waals surface area contributed by atoms with Crippen molar-refractivity contribution in [3.05, 3.63) is 15.8 Å². The molecule has 10 nitrogen and oxygen atoms in total. The third-order valence-corrected chi connectivity index (χ3v) is 1.93. The first kappa shape index (κ1) is 13.4. The summed E-state index contributed by atoms with van der Waals surface area (Å²) in [4.78, 5) is 32.3. The number of nitrogens with one attached hydrogen (secondary N) is 2. The molecule has 1 rings (SSSR count). The van der Waals surface area contributed by atoms with Gasteiger partial charge in [0.2, 0.25) is 5.69 Å². The second-order valence-corrected chi connectivity index (χ2v) is 2.97. The minimum absolute atomic E-state index is 0.316. The maximum atomic E-state index is 11.6. The van der Waals surface area contributed by atoms with Crippen molar-refractivity contribution in [1.29, 1.82) is 0 Å². The molecule has 18 heavy (non-hydrogen) atoms. The normalized spacial score (nSPS) is 9.67. The molecule has 0 atom stereocenters. The quantitative estimate of drug-likeness (QED) is 0.402.